The molecule has 0 fully saturated rings. The van der Waals surface area contributed by atoms with E-state index in [4.69, 9.17) is 16.1 Å². The molecule has 31 heavy (non-hydrogen) atoms. The summed E-state index contributed by atoms with van der Waals surface area (Å²) < 4.78 is 13.2. The zero-order valence-electron chi connectivity index (χ0n) is 17.6. The second kappa shape index (κ2) is 11.4. The number of nitrogens with zero attached hydrogens (tertiary/aromatic N) is 4. The van der Waals surface area contributed by atoms with Gasteiger partial charge in [-0.15, -0.1) is 11.6 Å². The molecule has 0 spiro atoms. The van der Waals surface area contributed by atoms with Crippen LogP contribution in [0.5, 0.6) is 0 Å². The maximum atomic E-state index is 13.4. The Hall–Kier alpha value is -0.810. The second-order valence-corrected chi connectivity index (χ2v) is 11.1. The van der Waals surface area contributed by atoms with E-state index >= 15 is 0 Å². The molecule has 8 nitrogen and oxygen atoms in total. The van der Waals surface area contributed by atoms with Crippen molar-refractivity contribution in [3.05, 3.63) is 44.6 Å². The fourth-order valence-corrected chi connectivity index (χ4v) is 4.78. The third-order valence-electron chi connectivity index (χ3n) is 4.77. The van der Waals surface area contributed by atoms with Crippen LogP contribution in [0.2, 0.25) is 0 Å². The van der Waals surface area contributed by atoms with Crippen LogP contribution in [0.1, 0.15) is 26.7 Å². The summed E-state index contributed by atoms with van der Waals surface area (Å²) in [4.78, 5) is 30.9. The van der Waals surface area contributed by atoms with Gasteiger partial charge in [0.15, 0.2) is 11.2 Å². The van der Waals surface area contributed by atoms with Crippen molar-refractivity contribution < 1.29 is 4.52 Å². The summed E-state index contributed by atoms with van der Waals surface area (Å²) in [6.07, 6.45) is 7.34. The van der Waals surface area contributed by atoms with E-state index in [1.807, 2.05) is 16.7 Å². The number of halogens is 2. The standard InChI is InChI=1S/C19H26ClIN5O3PS/c1-12(2)31-23-18-22-16-15(26(18)11-13-5-7-14(20)8-6-13)17(27)25(19(28)24(16)3)9-4-10-29-30-21/h5-7,12,14,30H,4,8-11H2,1-3H3,(H,22,23). The number of fused-ring (bicyclic) bond motifs is 1. The van der Waals surface area contributed by atoms with Crippen LogP contribution in [0.3, 0.4) is 0 Å². The first-order chi connectivity index (χ1) is 14.8. The number of imidazole rings is 1. The molecule has 170 valence electrons. The van der Waals surface area contributed by atoms with Crippen LogP contribution in [0.25, 0.3) is 11.2 Å². The highest BCUT2D eigenvalue weighted by molar-refractivity contribution is 14.2. The molecule has 0 bridgehead atoms. The molecular weight excluding hydrogens is 572 g/mol. The zero-order chi connectivity index (χ0) is 22.5. The third kappa shape index (κ3) is 5.96. The van der Waals surface area contributed by atoms with Gasteiger partial charge < -0.3 is 4.52 Å². The maximum absolute atomic E-state index is 13.4. The molecule has 2 heterocycles. The van der Waals surface area contributed by atoms with E-state index in [9.17, 15) is 9.59 Å². The van der Waals surface area contributed by atoms with Crippen molar-refractivity contribution in [1.82, 2.24) is 18.7 Å². The molecule has 0 radical (unpaired) electrons. The van der Waals surface area contributed by atoms with Crippen LogP contribution < -0.4 is 16.0 Å². The Morgan fingerprint density at radius 2 is 2.19 bits per heavy atom. The van der Waals surface area contributed by atoms with Gasteiger partial charge >= 0.3 is 5.69 Å². The topological polar surface area (TPSA) is 83.1 Å². The first-order valence-corrected chi connectivity index (χ1v) is 15.3. The SMILES string of the molecule is CC(C)SNc1nc2c(c(=O)n(CCCOPI)c(=O)n2C)n1CC1=CCC(Cl)C=C1. The van der Waals surface area contributed by atoms with Gasteiger partial charge in [-0.05, 0) is 52.4 Å². The van der Waals surface area contributed by atoms with E-state index < -0.39 is 0 Å². The number of alkyl halides is 1. The van der Waals surface area contributed by atoms with Crippen molar-refractivity contribution in [2.75, 3.05) is 11.3 Å². The first-order valence-electron chi connectivity index (χ1n) is 9.94. The van der Waals surface area contributed by atoms with E-state index in [0.717, 1.165) is 12.0 Å². The zero-order valence-corrected chi connectivity index (χ0v) is 22.3. The van der Waals surface area contributed by atoms with Crippen LogP contribution in [0, 0.1) is 0 Å². The molecule has 0 saturated heterocycles. The molecular formula is C19H26ClIN5O3PS. The Bertz CT molecular complexity index is 1110. The number of nitrogens with one attached hydrogen (secondary N) is 1. The number of aromatic nitrogens is 4. The van der Waals surface area contributed by atoms with Crippen molar-refractivity contribution in [2.45, 2.75) is 50.4 Å². The molecule has 2 unspecified atom stereocenters. The number of hydrogen-bond donors (Lipinski definition) is 1. The Balaban J connectivity index is 2.09. The smallest absolute Gasteiger partial charge is 0.332 e. The molecule has 0 amide bonds. The van der Waals surface area contributed by atoms with Crippen molar-refractivity contribution in [3.8, 4) is 0 Å². The van der Waals surface area contributed by atoms with E-state index in [0.29, 0.717) is 54.9 Å². The normalized spacial score (nSPS) is 16.7. The minimum absolute atomic E-state index is 0.0131. The number of anilines is 1. The van der Waals surface area contributed by atoms with Crippen LogP contribution in [0.15, 0.2) is 33.4 Å². The van der Waals surface area contributed by atoms with Gasteiger partial charge in [0.25, 0.3) is 5.56 Å². The lowest BCUT2D eigenvalue weighted by molar-refractivity contribution is 0.344. The number of allylic oxidation sites excluding steroid dienone is 4. The van der Waals surface area contributed by atoms with Crippen LogP contribution in [-0.4, -0.2) is 35.9 Å². The number of rotatable bonds is 10. The van der Waals surface area contributed by atoms with Crippen LogP contribution >= 0.6 is 52.0 Å². The molecule has 3 rings (SSSR count). The molecule has 1 N–H and O–H groups in total. The lowest BCUT2D eigenvalue weighted by Crippen LogP contribution is -2.40. The van der Waals surface area contributed by atoms with Gasteiger partial charge in [-0.3, -0.25) is 23.2 Å². The Morgan fingerprint density at radius 3 is 2.84 bits per heavy atom. The monoisotopic (exact) mass is 597 g/mol. The minimum atomic E-state index is -0.371. The van der Waals surface area contributed by atoms with Gasteiger partial charge in [0.1, 0.15) is 0 Å². The van der Waals surface area contributed by atoms with Crippen molar-refractivity contribution in [1.29, 1.82) is 0 Å². The lowest BCUT2D eigenvalue weighted by atomic mass is 10.1. The molecule has 1 aliphatic carbocycles. The summed E-state index contributed by atoms with van der Waals surface area (Å²) in [5, 5.41) is 0.305. The predicted molar refractivity (Wildman–Crippen MR) is 140 cm³/mol. The van der Waals surface area contributed by atoms with E-state index in [-0.39, 0.29) is 16.6 Å². The number of aryl methyl sites for hydroxylation is 1. The lowest BCUT2D eigenvalue weighted by Gasteiger charge is -2.15. The third-order valence-corrected chi connectivity index (χ3v) is 7.11. The van der Waals surface area contributed by atoms with Crippen LogP contribution in [0.4, 0.5) is 5.95 Å². The molecule has 0 saturated carbocycles. The second-order valence-electron chi connectivity index (χ2n) is 7.43. The van der Waals surface area contributed by atoms with Crippen LogP contribution in [-0.2, 0) is 24.7 Å². The fourth-order valence-electron chi connectivity index (χ4n) is 3.24. The van der Waals surface area contributed by atoms with Gasteiger partial charge in [0.2, 0.25) is 5.95 Å². The predicted octanol–water partition coefficient (Wildman–Crippen LogP) is 4.21. The van der Waals surface area contributed by atoms with E-state index in [1.165, 1.54) is 21.1 Å². The highest BCUT2D eigenvalue weighted by Gasteiger charge is 2.21. The first kappa shape index (κ1) is 24.8. The summed E-state index contributed by atoms with van der Waals surface area (Å²) in [5.41, 5.74) is 1.13. The van der Waals surface area contributed by atoms with Crippen molar-refractivity contribution >= 4 is 69.2 Å². The van der Waals surface area contributed by atoms with E-state index in [2.05, 4.69) is 51.7 Å². The molecule has 0 aromatic carbocycles. The molecule has 2 atom stereocenters. The summed E-state index contributed by atoms with van der Waals surface area (Å²) >= 11 is 9.82. The van der Waals surface area contributed by atoms with Crippen molar-refractivity contribution in [3.63, 3.8) is 0 Å². The highest BCUT2D eigenvalue weighted by atomic mass is 127. The Labute approximate surface area is 204 Å². The van der Waals surface area contributed by atoms with Gasteiger partial charge in [-0.1, -0.05) is 32.1 Å². The molecule has 0 aliphatic heterocycles. The Kier molecular flexibility index (Phi) is 9.10. The average molecular weight is 598 g/mol. The van der Waals surface area contributed by atoms with Crippen molar-refractivity contribution in [2.24, 2.45) is 7.05 Å². The van der Waals surface area contributed by atoms with Gasteiger partial charge in [-0.25, -0.2) is 4.79 Å². The number of hydrogen-bond acceptors (Lipinski definition) is 6. The minimum Gasteiger partial charge on any atom is -0.352 e. The van der Waals surface area contributed by atoms with E-state index in [1.54, 1.807) is 7.05 Å². The average Bonchev–Trinajstić information content (AvgIpc) is 3.10. The summed E-state index contributed by atoms with van der Waals surface area (Å²) in [6.45, 7) is 5.76. The maximum Gasteiger partial charge on any atom is 0.332 e. The highest BCUT2D eigenvalue weighted by Crippen LogP contribution is 2.24. The fraction of sp³-hybridized carbons (Fsp3) is 0.526. The van der Waals surface area contributed by atoms with Gasteiger partial charge in [0.05, 0.1) is 25.0 Å². The van der Waals surface area contributed by atoms with Gasteiger partial charge in [0, 0.05) is 18.8 Å². The molecule has 12 heteroatoms. The van der Waals surface area contributed by atoms with Gasteiger partial charge in [-0.2, -0.15) is 4.98 Å². The molecule has 2 aromatic rings. The summed E-state index contributed by atoms with van der Waals surface area (Å²) in [5.74, 6) is 0.551. The quantitative estimate of drug-likeness (QED) is 0.145. The Morgan fingerprint density at radius 1 is 1.42 bits per heavy atom. The molecule has 1 aliphatic rings. The molecule has 2 aromatic heterocycles. The largest absolute Gasteiger partial charge is 0.352 e. The summed E-state index contributed by atoms with van der Waals surface area (Å²) in [6, 6.07) is 0. The summed E-state index contributed by atoms with van der Waals surface area (Å²) in [7, 11) is 1.65.